The first-order chi connectivity index (χ1) is 9.52. The number of carboxylic acids is 1. The largest absolute Gasteiger partial charge is 0.477 e. The van der Waals surface area contributed by atoms with Gasteiger partial charge in [-0.2, -0.15) is 0 Å². The summed E-state index contributed by atoms with van der Waals surface area (Å²) in [5.74, 6) is -1.60. The number of carbonyl (C=O) groups is 1. The Morgan fingerprint density at radius 1 is 1.45 bits per heavy atom. The molecule has 1 heterocycles. The van der Waals surface area contributed by atoms with Crippen LogP contribution < -0.4 is 5.32 Å². The summed E-state index contributed by atoms with van der Waals surface area (Å²) in [6, 6.07) is 5.44. The number of carboxylic acid groups (broad SMARTS) is 1. The molecule has 0 atom stereocenters. The van der Waals surface area contributed by atoms with E-state index < -0.39 is 11.8 Å². The minimum absolute atomic E-state index is 0.0172. The zero-order valence-corrected chi connectivity index (χ0v) is 11.3. The maximum absolute atomic E-state index is 13.9. The van der Waals surface area contributed by atoms with E-state index in [9.17, 15) is 9.18 Å². The molecule has 0 aliphatic rings. The molecule has 0 spiro atoms. The normalized spacial score (nSPS) is 10.3. The van der Waals surface area contributed by atoms with Gasteiger partial charge in [-0.1, -0.05) is 17.7 Å². The van der Waals surface area contributed by atoms with Crippen LogP contribution in [0.5, 0.6) is 0 Å². The Labute approximate surface area is 119 Å². The van der Waals surface area contributed by atoms with Crippen LogP contribution in [0.2, 0.25) is 5.02 Å². The van der Waals surface area contributed by atoms with Crippen LogP contribution in [0, 0.1) is 5.82 Å². The number of aromatic carboxylic acids is 1. The van der Waals surface area contributed by atoms with E-state index in [-0.39, 0.29) is 22.1 Å². The summed E-state index contributed by atoms with van der Waals surface area (Å²) in [5, 5.41) is 12.0. The SMILES string of the molecule is CCNc1cc(C(=O)O)nc(-c2c(F)cccc2Cl)n1. The molecule has 0 amide bonds. The Kier molecular flexibility index (Phi) is 4.14. The van der Waals surface area contributed by atoms with Crippen molar-refractivity contribution in [3.8, 4) is 11.4 Å². The van der Waals surface area contributed by atoms with Crippen molar-refractivity contribution in [2.24, 2.45) is 0 Å². The highest BCUT2D eigenvalue weighted by Gasteiger charge is 2.16. The van der Waals surface area contributed by atoms with Gasteiger partial charge in [0.1, 0.15) is 11.6 Å². The molecule has 1 aromatic heterocycles. The van der Waals surface area contributed by atoms with Crippen molar-refractivity contribution >= 4 is 23.4 Å². The standard InChI is InChI=1S/C13H11ClFN3O2/c1-2-16-10-6-9(13(19)20)17-12(18-10)11-7(14)4-3-5-8(11)15/h3-6H,2H2,1H3,(H,19,20)(H,16,17,18). The summed E-state index contributed by atoms with van der Waals surface area (Å²) in [7, 11) is 0. The minimum atomic E-state index is -1.22. The summed E-state index contributed by atoms with van der Waals surface area (Å²) < 4.78 is 13.9. The molecule has 0 fully saturated rings. The monoisotopic (exact) mass is 295 g/mol. The average Bonchev–Trinajstić information content (AvgIpc) is 2.38. The van der Waals surface area contributed by atoms with E-state index in [0.29, 0.717) is 12.4 Å². The quantitative estimate of drug-likeness (QED) is 0.906. The van der Waals surface area contributed by atoms with Crippen molar-refractivity contribution < 1.29 is 14.3 Å². The van der Waals surface area contributed by atoms with E-state index in [4.69, 9.17) is 16.7 Å². The van der Waals surface area contributed by atoms with E-state index in [1.807, 2.05) is 6.92 Å². The first kappa shape index (κ1) is 14.2. The van der Waals surface area contributed by atoms with Gasteiger partial charge in [0.15, 0.2) is 11.5 Å². The number of halogens is 2. The van der Waals surface area contributed by atoms with Crippen LogP contribution in [0.1, 0.15) is 17.4 Å². The molecule has 2 N–H and O–H groups in total. The van der Waals surface area contributed by atoms with Gasteiger partial charge in [-0.15, -0.1) is 0 Å². The smallest absolute Gasteiger partial charge is 0.354 e. The average molecular weight is 296 g/mol. The molecule has 0 bridgehead atoms. The van der Waals surface area contributed by atoms with Crippen LogP contribution in [-0.4, -0.2) is 27.6 Å². The summed E-state index contributed by atoms with van der Waals surface area (Å²) in [6.45, 7) is 2.37. The molecule has 0 aliphatic carbocycles. The zero-order valence-electron chi connectivity index (χ0n) is 10.5. The molecule has 0 aliphatic heterocycles. The molecule has 2 rings (SSSR count). The topological polar surface area (TPSA) is 75.1 Å². The summed E-state index contributed by atoms with van der Waals surface area (Å²) in [5.41, 5.74) is -0.248. The highest BCUT2D eigenvalue weighted by atomic mass is 35.5. The molecule has 5 nitrogen and oxygen atoms in total. The lowest BCUT2D eigenvalue weighted by molar-refractivity contribution is 0.0690. The van der Waals surface area contributed by atoms with Gasteiger partial charge in [0.05, 0.1) is 10.6 Å². The summed E-state index contributed by atoms with van der Waals surface area (Å²) in [4.78, 5) is 19.0. The Morgan fingerprint density at radius 3 is 2.80 bits per heavy atom. The van der Waals surface area contributed by atoms with Crippen molar-refractivity contribution in [1.82, 2.24) is 9.97 Å². The fraction of sp³-hybridized carbons (Fsp3) is 0.154. The van der Waals surface area contributed by atoms with Crippen molar-refractivity contribution in [1.29, 1.82) is 0 Å². The summed E-state index contributed by atoms with van der Waals surface area (Å²) in [6.07, 6.45) is 0. The number of anilines is 1. The van der Waals surface area contributed by atoms with Crippen LogP contribution in [0.25, 0.3) is 11.4 Å². The number of rotatable bonds is 4. The summed E-state index contributed by atoms with van der Waals surface area (Å²) >= 11 is 5.94. The van der Waals surface area contributed by atoms with Crippen LogP contribution in [0.4, 0.5) is 10.2 Å². The molecule has 7 heteroatoms. The third-order valence-electron chi connectivity index (χ3n) is 2.49. The third kappa shape index (κ3) is 2.85. The van der Waals surface area contributed by atoms with Crippen LogP contribution in [-0.2, 0) is 0 Å². The molecule has 0 saturated carbocycles. The number of aromatic nitrogens is 2. The molecular formula is C13H11ClFN3O2. The van der Waals surface area contributed by atoms with Gasteiger partial charge in [0, 0.05) is 12.6 Å². The van der Waals surface area contributed by atoms with Gasteiger partial charge in [0.25, 0.3) is 0 Å². The minimum Gasteiger partial charge on any atom is -0.477 e. The predicted octanol–water partition coefficient (Wildman–Crippen LogP) is 3.07. The van der Waals surface area contributed by atoms with Gasteiger partial charge in [-0.3, -0.25) is 0 Å². The number of hydrogen-bond acceptors (Lipinski definition) is 4. The van der Waals surface area contributed by atoms with E-state index in [1.165, 1.54) is 24.3 Å². The van der Waals surface area contributed by atoms with E-state index >= 15 is 0 Å². The van der Waals surface area contributed by atoms with Crippen LogP contribution in [0.3, 0.4) is 0 Å². The lowest BCUT2D eigenvalue weighted by Gasteiger charge is -2.09. The Hall–Kier alpha value is -2.21. The molecule has 104 valence electrons. The molecule has 2 aromatic rings. The van der Waals surface area contributed by atoms with Gasteiger partial charge in [-0.25, -0.2) is 19.2 Å². The predicted molar refractivity (Wildman–Crippen MR) is 73.6 cm³/mol. The van der Waals surface area contributed by atoms with Gasteiger partial charge in [-0.05, 0) is 19.1 Å². The second-order valence-corrected chi connectivity index (χ2v) is 4.30. The maximum Gasteiger partial charge on any atom is 0.354 e. The van der Waals surface area contributed by atoms with Gasteiger partial charge < -0.3 is 10.4 Å². The number of hydrogen-bond donors (Lipinski definition) is 2. The molecule has 0 unspecified atom stereocenters. The van der Waals surface area contributed by atoms with Crippen molar-refractivity contribution in [3.05, 3.63) is 40.8 Å². The number of benzene rings is 1. The van der Waals surface area contributed by atoms with E-state index in [2.05, 4.69) is 15.3 Å². The van der Waals surface area contributed by atoms with Crippen molar-refractivity contribution in [3.63, 3.8) is 0 Å². The Bertz CT molecular complexity index is 644. The molecule has 20 heavy (non-hydrogen) atoms. The van der Waals surface area contributed by atoms with Gasteiger partial charge in [0.2, 0.25) is 0 Å². The first-order valence-electron chi connectivity index (χ1n) is 5.83. The highest BCUT2D eigenvalue weighted by molar-refractivity contribution is 6.33. The first-order valence-corrected chi connectivity index (χ1v) is 6.21. The van der Waals surface area contributed by atoms with E-state index in [1.54, 1.807) is 0 Å². The third-order valence-corrected chi connectivity index (χ3v) is 2.80. The molecule has 1 aromatic carbocycles. The zero-order chi connectivity index (χ0) is 14.7. The maximum atomic E-state index is 13.9. The fourth-order valence-electron chi connectivity index (χ4n) is 1.65. The van der Waals surface area contributed by atoms with Crippen LogP contribution >= 0.6 is 11.6 Å². The molecule has 0 radical (unpaired) electrons. The Balaban J connectivity index is 2.64. The molecular weight excluding hydrogens is 285 g/mol. The van der Waals surface area contributed by atoms with Crippen molar-refractivity contribution in [2.45, 2.75) is 6.92 Å². The second-order valence-electron chi connectivity index (χ2n) is 3.89. The van der Waals surface area contributed by atoms with E-state index in [0.717, 1.165) is 0 Å². The number of nitrogens with zero attached hydrogens (tertiary/aromatic N) is 2. The Morgan fingerprint density at radius 2 is 2.20 bits per heavy atom. The second kappa shape index (κ2) is 5.83. The lowest BCUT2D eigenvalue weighted by Crippen LogP contribution is -2.08. The fourth-order valence-corrected chi connectivity index (χ4v) is 1.90. The van der Waals surface area contributed by atoms with Crippen molar-refractivity contribution in [2.75, 3.05) is 11.9 Å². The molecule has 0 saturated heterocycles. The highest BCUT2D eigenvalue weighted by Crippen LogP contribution is 2.28. The number of nitrogens with one attached hydrogen (secondary N) is 1. The lowest BCUT2D eigenvalue weighted by atomic mass is 10.2. The van der Waals surface area contributed by atoms with Gasteiger partial charge >= 0.3 is 5.97 Å². The van der Waals surface area contributed by atoms with Crippen LogP contribution in [0.15, 0.2) is 24.3 Å².